The number of hydrogen-bond acceptors (Lipinski definition) is 4. The van der Waals surface area contributed by atoms with Crippen molar-refractivity contribution in [3.63, 3.8) is 0 Å². The zero-order valence-electron chi connectivity index (χ0n) is 13.7. The molecule has 0 radical (unpaired) electrons. The van der Waals surface area contributed by atoms with Crippen LogP contribution >= 0.6 is 0 Å². The highest BCUT2D eigenvalue weighted by Gasteiger charge is 2.34. The molecular formula is C18H20N2O4. The average Bonchev–Trinajstić information content (AvgIpc) is 2.96. The third-order valence-corrected chi connectivity index (χ3v) is 4.42. The van der Waals surface area contributed by atoms with E-state index in [-0.39, 0.29) is 18.4 Å². The van der Waals surface area contributed by atoms with Gasteiger partial charge in [0.25, 0.3) is 5.91 Å². The van der Waals surface area contributed by atoms with E-state index in [0.29, 0.717) is 30.0 Å². The molecule has 0 spiro atoms. The number of amides is 1. The van der Waals surface area contributed by atoms with Crippen molar-refractivity contribution >= 4 is 11.9 Å². The fourth-order valence-electron chi connectivity index (χ4n) is 3.27. The molecular weight excluding hydrogens is 308 g/mol. The lowest BCUT2D eigenvalue weighted by Crippen LogP contribution is -2.45. The number of carbonyl (C=O) groups excluding carboxylic acids is 1. The van der Waals surface area contributed by atoms with Crippen molar-refractivity contribution in [1.82, 2.24) is 10.1 Å². The Morgan fingerprint density at radius 1 is 1.25 bits per heavy atom. The van der Waals surface area contributed by atoms with Gasteiger partial charge in [-0.3, -0.25) is 9.59 Å². The van der Waals surface area contributed by atoms with E-state index in [1.165, 1.54) is 0 Å². The smallest absolute Gasteiger partial charge is 0.308 e. The van der Waals surface area contributed by atoms with Gasteiger partial charge >= 0.3 is 5.97 Å². The van der Waals surface area contributed by atoms with E-state index in [0.717, 1.165) is 5.56 Å². The third kappa shape index (κ3) is 3.04. The molecule has 1 fully saturated rings. The normalized spacial score (nSPS) is 20.8. The van der Waals surface area contributed by atoms with Gasteiger partial charge in [-0.2, -0.15) is 0 Å². The fourth-order valence-corrected chi connectivity index (χ4v) is 3.27. The molecule has 3 rings (SSSR count). The molecule has 2 unspecified atom stereocenters. The lowest BCUT2D eigenvalue weighted by Gasteiger charge is -2.34. The maximum absolute atomic E-state index is 13.0. The second-order valence-corrected chi connectivity index (χ2v) is 6.41. The highest BCUT2D eigenvalue weighted by Crippen LogP contribution is 2.29. The lowest BCUT2D eigenvalue weighted by molar-refractivity contribution is -0.143. The van der Waals surface area contributed by atoms with Gasteiger partial charge in [-0.25, -0.2) is 0 Å². The van der Waals surface area contributed by atoms with Gasteiger partial charge in [-0.15, -0.1) is 0 Å². The summed E-state index contributed by atoms with van der Waals surface area (Å²) in [6, 6.07) is 9.37. The molecule has 2 aromatic rings. The first-order valence-corrected chi connectivity index (χ1v) is 8.01. The van der Waals surface area contributed by atoms with Crippen LogP contribution in [0.15, 0.2) is 34.9 Å². The lowest BCUT2D eigenvalue weighted by atomic mass is 9.90. The van der Waals surface area contributed by atoms with Crippen LogP contribution in [0.4, 0.5) is 0 Å². The Hall–Kier alpha value is -2.63. The average molecular weight is 328 g/mol. The minimum absolute atomic E-state index is 0.143. The highest BCUT2D eigenvalue weighted by molar-refractivity contribution is 6.01. The van der Waals surface area contributed by atoms with Crippen molar-refractivity contribution in [3.05, 3.63) is 41.7 Å². The summed E-state index contributed by atoms with van der Waals surface area (Å²) < 4.78 is 5.25. The summed E-state index contributed by atoms with van der Waals surface area (Å²) in [6.07, 6.45) is 0.591. The molecule has 6 nitrogen and oxygen atoms in total. The van der Waals surface area contributed by atoms with Crippen LogP contribution in [-0.4, -0.2) is 40.1 Å². The van der Waals surface area contributed by atoms with Crippen LogP contribution in [0.2, 0.25) is 0 Å². The number of nitrogens with zero attached hydrogens (tertiary/aromatic N) is 2. The predicted octanol–water partition coefficient (Wildman–Crippen LogP) is 2.83. The maximum Gasteiger partial charge on any atom is 0.308 e. The standard InChI is InChI=1S/C18H20N2O4/c1-11-8-14(18(22)23)10-20(9-11)17(21)15-12(2)24-19-16(15)13-6-4-3-5-7-13/h3-7,11,14H,8-10H2,1-2H3,(H,22,23). The summed E-state index contributed by atoms with van der Waals surface area (Å²) in [5.41, 5.74) is 1.72. The number of piperidine rings is 1. The number of likely N-dealkylation sites (tertiary alicyclic amines) is 1. The van der Waals surface area contributed by atoms with Crippen LogP contribution in [0.3, 0.4) is 0 Å². The topological polar surface area (TPSA) is 83.6 Å². The molecule has 1 saturated heterocycles. The van der Waals surface area contributed by atoms with E-state index >= 15 is 0 Å². The van der Waals surface area contributed by atoms with E-state index in [2.05, 4.69) is 5.16 Å². The van der Waals surface area contributed by atoms with Gasteiger partial charge < -0.3 is 14.5 Å². The Labute approximate surface area is 140 Å². The van der Waals surface area contributed by atoms with Gasteiger partial charge in [0.2, 0.25) is 0 Å². The van der Waals surface area contributed by atoms with Gasteiger partial charge in [-0.05, 0) is 19.3 Å². The molecule has 2 atom stereocenters. The van der Waals surface area contributed by atoms with E-state index < -0.39 is 11.9 Å². The number of aromatic nitrogens is 1. The number of rotatable bonds is 3. The Bertz CT molecular complexity index is 754. The first-order chi connectivity index (χ1) is 11.5. The number of aliphatic carboxylic acids is 1. The summed E-state index contributed by atoms with van der Waals surface area (Å²) in [4.78, 5) is 26.0. The summed E-state index contributed by atoms with van der Waals surface area (Å²) in [6.45, 7) is 4.43. The molecule has 1 aliphatic rings. The van der Waals surface area contributed by atoms with Crippen molar-refractivity contribution in [1.29, 1.82) is 0 Å². The first-order valence-electron chi connectivity index (χ1n) is 8.01. The number of hydrogen-bond donors (Lipinski definition) is 1. The van der Waals surface area contributed by atoms with Crippen LogP contribution < -0.4 is 0 Å². The van der Waals surface area contributed by atoms with Crippen molar-refractivity contribution in [2.75, 3.05) is 13.1 Å². The van der Waals surface area contributed by atoms with Gasteiger partial charge in [0, 0.05) is 18.7 Å². The van der Waals surface area contributed by atoms with Gasteiger partial charge in [0.05, 0.1) is 5.92 Å². The third-order valence-electron chi connectivity index (χ3n) is 4.42. The summed E-state index contributed by atoms with van der Waals surface area (Å²) in [7, 11) is 0. The Balaban J connectivity index is 1.93. The second-order valence-electron chi connectivity index (χ2n) is 6.41. The second kappa shape index (κ2) is 6.47. The van der Waals surface area contributed by atoms with E-state index in [4.69, 9.17) is 4.52 Å². The number of carboxylic acids is 1. The van der Waals surface area contributed by atoms with Crippen molar-refractivity contribution in [2.24, 2.45) is 11.8 Å². The molecule has 1 N–H and O–H groups in total. The molecule has 0 bridgehead atoms. The van der Waals surface area contributed by atoms with Crippen LogP contribution in [0.5, 0.6) is 0 Å². The SMILES string of the molecule is Cc1onc(-c2ccccc2)c1C(=O)N1CC(C)CC(C(=O)O)C1. The van der Waals surface area contributed by atoms with E-state index in [1.54, 1.807) is 11.8 Å². The molecule has 2 heterocycles. The summed E-state index contributed by atoms with van der Waals surface area (Å²) in [5.74, 6) is -1.01. The van der Waals surface area contributed by atoms with Crippen molar-refractivity contribution < 1.29 is 19.2 Å². The van der Waals surface area contributed by atoms with Gasteiger partial charge in [0.15, 0.2) is 0 Å². The molecule has 1 aliphatic heterocycles. The van der Waals surface area contributed by atoms with Crippen molar-refractivity contribution in [2.45, 2.75) is 20.3 Å². The first kappa shape index (κ1) is 16.2. The summed E-state index contributed by atoms with van der Waals surface area (Å²) >= 11 is 0. The Kier molecular flexibility index (Phi) is 4.38. The molecule has 1 aromatic carbocycles. The largest absolute Gasteiger partial charge is 0.481 e. The maximum atomic E-state index is 13.0. The van der Waals surface area contributed by atoms with Crippen molar-refractivity contribution in [3.8, 4) is 11.3 Å². The minimum Gasteiger partial charge on any atom is -0.481 e. The molecule has 6 heteroatoms. The summed E-state index contributed by atoms with van der Waals surface area (Å²) in [5, 5.41) is 13.3. The van der Waals surface area contributed by atoms with Crippen LogP contribution in [-0.2, 0) is 4.79 Å². The van der Waals surface area contributed by atoms with Gasteiger partial charge in [-0.1, -0.05) is 42.4 Å². The molecule has 1 aromatic heterocycles. The van der Waals surface area contributed by atoms with E-state index in [9.17, 15) is 14.7 Å². The van der Waals surface area contributed by atoms with Crippen LogP contribution in [0, 0.1) is 18.8 Å². The zero-order valence-corrected chi connectivity index (χ0v) is 13.7. The molecule has 0 saturated carbocycles. The van der Waals surface area contributed by atoms with Gasteiger partial charge in [0.1, 0.15) is 17.0 Å². The minimum atomic E-state index is -0.857. The van der Waals surface area contributed by atoms with Crippen LogP contribution in [0.1, 0.15) is 29.5 Å². The number of carboxylic acid groups (broad SMARTS) is 1. The Morgan fingerprint density at radius 3 is 2.62 bits per heavy atom. The fraction of sp³-hybridized carbons (Fsp3) is 0.389. The zero-order chi connectivity index (χ0) is 17.3. The monoisotopic (exact) mass is 328 g/mol. The van der Waals surface area contributed by atoms with E-state index in [1.807, 2.05) is 37.3 Å². The molecule has 24 heavy (non-hydrogen) atoms. The number of benzene rings is 1. The molecule has 1 amide bonds. The Morgan fingerprint density at radius 2 is 1.96 bits per heavy atom. The number of carbonyl (C=O) groups is 2. The molecule has 126 valence electrons. The van der Waals surface area contributed by atoms with Crippen LogP contribution in [0.25, 0.3) is 11.3 Å². The predicted molar refractivity (Wildman–Crippen MR) is 87.5 cm³/mol. The number of aryl methyl sites for hydroxylation is 1. The highest BCUT2D eigenvalue weighted by atomic mass is 16.5. The quantitative estimate of drug-likeness (QED) is 0.936. The molecule has 0 aliphatic carbocycles.